The van der Waals surface area contributed by atoms with E-state index < -0.39 is 15.1 Å². The first-order valence-corrected chi connectivity index (χ1v) is 18.5. The summed E-state index contributed by atoms with van der Waals surface area (Å²) < 4.78 is 0. The number of carbonyl (C=O) groups excluding carboxylic acids is 3. The molecule has 0 spiro atoms. The first kappa shape index (κ1) is 54.5. The van der Waals surface area contributed by atoms with E-state index in [1.165, 1.54) is 48.5 Å². The van der Waals surface area contributed by atoms with Gasteiger partial charge in [-0.2, -0.15) is 0 Å². The SMILES string of the molecule is C.CC.CC.CC.Nc1ccc(C(=O)Nc2ccccn2)cc1.Nc1ccccn1.O=C(Cl)c1ccc([N+](=O)[O-])cc1.O=C(Nc1ccccn1)c1ccc([N+](=O)[O-])cc1. The van der Waals surface area contributed by atoms with Gasteiger partial charge in [0.05, 0.1) is 9.85 Å². The largest absolute Gasteiger partial charge is 0.399 e. The Balaban J connectivity index is 0. The van der Waals surface area contributed by atoms with Gasteiger partial charge in [0.1, 0.15) is 17.5 Å². The molecule has 16 nitrogen and oxygen atoms in total. The van der Waals surface area contributed by atoms with E-state index in [-0.39, 0.29) is 36.2 Å². The number of amides is 2. The highest BCUT2D eigenvalue weighted by atomic mass is 35.5. The van der Waals surface area contributed by atoms with Gasteiger partial charge >= 0.3 is 0 Å². The minimum Gasteiger partial charge on any atom is -0.399 e. The van der Waals surface area contributed by atoms with Crippen LogP contribution in [0.4, 0.5) is 34.5 Å². The van der Waals surface area contributed by atoms with E-state index in [1.807, 2.05) is 59.7 Å². The lowest BCUT2D eigenvalue weighted by Gasteiger charge is -2.03. The second-order valence-electron chi connectivity index (χ2n) is 10.1. The van der Waals surface area contributed by atoms with Crippen LogP contribution in [0.2, 0.25) is 0 Å². The molecule has 0 saturated carbocycles. The number of nitro benzene ring substituents is 2. The van der Waals surface area contributed by atoms with E-state index in [1.54, 1.807) is 79.3 Å². The summed E-state index contributed by atoms with van der Waals surface area (Å²) in [6, 6.07) is 33.1. The molecule has 0 aliphatic carbocycles. The van der Waals surface area contributed by atoms with Crippen LogP contribution < -0.4 is 22.1 Å². The van der Waals surface area contributed by atoms with Crippen LogP contribution in [0.5, 0.6) is 0 Å². The van der Waals surface area contributed by atoms with Gasteiger partial charge in [0.15, 0.2) is 0 Å². The molecule has 6 N–H and O–H groups in total. The fraction of sp³-hybridized carbons (Fsp3) is 0.163. The van der Waals surface area contributed by atoms with Crippen molar-refractivity contribution in [2.75, 3.05) is 22.1 Å². The highest BCUT2D eigenvalue weighted by Crippen LogP contribution is 2.14. The van der Waals surface area contributed by atoms with Crippen molar-refractivity contribution in [3.8, 4) is 0 Å². The van der Waals surface area contributed by atoms with Crippen molar-refractivity contribution in [2.45, 2.75) is 49.0 Å². The summed E-state index contributed by atoms with van der Waals surface area (Å²) >= 11 is 5.13. The van der Waals surface area contributed by atoms with Gasteiger partial charge in [0, 0.05) is 65.2 Å². The lowest BCUT2D eigenvalue weighted by Crippen LogP contribution is -2.12. The predicted octanol–water partition coefficient (Wildman–Crippen LogP) is 10.5. The first-order chi connectivity index (χ1) is 28.4. The summed E-state index contributed by atoms with van der Waals surface area (Å²) in [4.78, 5) is 65.3. The molecule has 0 radical (unpaired) electrons. The van der Waals surface area contributed by atoms with Crippen LogP contribution >= 0.6 is 11.6 Å². The molecule has 0 fully saturated rings. The van der Waals surface area contributed by atoms with E-state index in [2.05, 4.69) is 25.6 Å². The van der Waals surface area contributed by atoms with Gasteiger partial charge in [-0.1, -0.05) is 67.2 Å². The van der Waals surface area contributed by atoms with Gasteiger partial charge < -0.3 is 22.1 Å². The van der Waals surface area contributed by atoms with Crippen LogP contribution in [-0.2, 0) is 0 Å². The van der Waals surface area contributed by atoms with Crippen LogP contribution in [0, 0.1) is 20.2 Å². The van der Waals surface area contributed by atoms with E-state index in [0.29, 0.717) is 34.3 Å². The average Bonchev–Trinajstić information content (AvgIpc) is 3.27. The van der Waals surface area contributed by atoms with E-state index >= 15 is 0 Å². The molecule has 60 heavy (non-hydrogen) atoms. The van der Waals surface area contributed by atoms with Crippen LogP contribution in [-0.4, -0.2) is 41.9 Å². The van der Waals surface area contributed by atoms with Gasteiger partial charge in [-0.05, 0) is 96.5 Å². The Morgan fingerprint density at radius 3 is 1.12 bits per heavy atom. The molecule has 3 heterocycles. The predicted molar refractivity (Wildman–Crippen MR) is 241 cm³/mol. The number of nitro groups is 2. The second kappa shape index (κ2) is 32.5. The highest BCUT2D eigenvalue weighted by molar-refractivity contribution is 6.67. The summed E-state index contributed by atoms with van der Waals surface area (Å²) in [5, 5.41) is 25.3. The zero-order valence-corrected chi connectivity index (χ0v) is 34.2. The number of rotatable bonds is 7. The molecule has 0 aliphatic heterocycles. The Morgan fingerprint density at radius 2 is 0.850 bits per heavy atom. The molecule has 0 saturated heterocycles. The molecule has 0 bridgehead atoms. The number of hydrogen-bond donors (Lipinski definition) is 4. The van der Waals surface area contributed by atoms with Gasteiger partial charge in [0.2, 0.25) is 0 Å². The van der Waals surface area contributed by atoms with Crippen molar-refractivity contribution < 1.29 is 24.2 Å². The number of nitrogen functional groups attached to an aromatic ring is 2. The average molecular weight is 842 g/mol. The zero-order valence-electron chi connectivity index (χ0n) is 33.5. The molecule has 2 amide bonds. The fourth-order valence-corrected chi connectivity index (χ4v) is 3.84. The third-order valence-corrected chi connectivity index (χ3v) is 6.54. The van der Waals surface area contributed by atoms with Crippen molar-refractivity contribution in [3.63, 3.8) is 0 Å². The normalized spacial score (nSPS) is 8.72. The minimum atomic E-state index is -0.620. The molecular weight excluding hydrogens is 790 g/mol. The third kappa shape index (κ3) is 22.2. The summed E-state index contributed by atoms with van der Waals surface area (Å²) in [5.41, 5.74) is 12.5. The molecule has 0 atom stereocenters. The minimum absolute atomic E-state index is 0. The summed E-state index contributed by atoms with van der Waals surface area (Å²) in [6.45, 7) is 12.0. The number of anilines is 4. The lowest BCUT2D eigenvalue weighted by molar-refractivity contribution is -0.385. The number of nitrogens with zero attached hydrogens (tertiary/aromatic N) is 5. The van der Waals surface area contributed by atoms with Crippen molar-refractivity contribution in [1.82, 2.24) is 15.0 Å². The topological polar surface area (TPSA) is 252 Å². The third-order valence-electron chi connectivity index (χ3n) is 6.32. The molecule has 3 aromatic carbocycles. The number of pyridine rings is 3. The Kier molecular flexibility index (Phi) is 29.5. The standard InChI is InChI=1S/C12H9N3O3.C12H11N3O.C7H4ClNO3.C5H6N2.3C2H6.CH4/c16-12(14-11-3-1-2-8-13-11)9-4-6-10(7-5-9)15(17)18;13-10-6-4-9(5-7-10)12(16)15-11-3-1-2-8-14-11;8-7(10)5-1-3-6(4-2-5)9(11)12;6-5-3-1-2-4-7-5;3*1-2;/h1-8H,(H,13,14,16);1-8H,13H2,(H,14,15,16);1-4H;1-4H,(H2,6,7);3*1-2H3;1H4. The Hall–Kier alpha value is -7.59. The van der Waals surface area contributed by atoms with Gasteiger partial charge in [-0.3, -0.25) is 34.6 Å². The molecule has 6 rings (SSSR count). The number of nitrogens with one attached hydrogen (secondary N) is 2. The zero-order chi connectivity index (χ0) is 44.6. The van der Waals surface area contributed by atoms with Gasteiger partial charge in [0.25, 0.3) is 28.4 Å². The Morgan fingerprint density at radius 1 is 0.517 bits per heavy atom. The van der Waals surface area contributed by atoms with Crippen LogP contribution in [0.25, 0.3) is 0 Å². The van der Waals surface area contributed by atoms with Crippen LogP contribution in [0.15, 0.2) is 146 Å². The molecule has 0 unspecified atom stereocenters. The maximum atomic E-state index is 11.8. The Bertz CT molecular complexity index is 2060. The molecule has 0 aliphatic rings. The van der Waals surface area contributed by atoms with Crippen molar-refractivity contribution >= 4 is 63.2 Å². The smallest absolute Gasteiger partial charge is 0.269 e. The maximum absolute atomic E-state index is 11.8. The quantitative estimate of drug-likeness (QED) is 0.0507. The van der Waals surface area contributed by atoms with Gasteiger partial charge in [-0.15, -0.1) is 0 Å². The number of carbonyl (C=O) groups is 3. The first-order valence-electron chi connectivity index (χ1n) is 18.1. The molecule has 3 aromatic heterocycles. The van der Waals surface area contributed by atoms with Crippen molar-refractivity contribution in [2.24, 2.45) is 0 Å². The van der Waals surface area contributed by atoms with E-state index in [0.717, 1.165) is 0 Å². The number of halogens is 1. The number of non-ortho nitro benzene ring substituents is 2. The maximum Gasteiger partial charge on any atom is 0.269 e. The Labute approximate surface area is 355 Å². The van der Waals surface area contributed by atoms with Crippen LogP contribution in [0.1, 0.15) is 80.0 Å². The molecule has 318 valence electrons. The van der Waals surface area contributed by atoms with E-state index in [4.69, 9.17) is 23.1 Å². The second-order valence-corrected chi connectivity index (χ2v) is 10.4. The molecular formula is C43H52ClN9O7. The lowest BCUT2D eigenvalue weighted by atomic mass is 10.2. The number of aromatic nitrogens is 3. The molecule has 17 heteroatoms. The monoisotopic (exact) mass is 841 g/mol. The molecule has 6 aromatic rings. The van der Waals surface area contributed by atoms with Crippen LogP contribution in [0.3, 0.4) is 0 Å². The highest BCUT2D eigenvalue weighted by Gasteiger charge is 2.10. The summed E-state index contributed by atoms with van der Waals surface area (Å²) in [7, 11) is 0. The van der Waals surface area contributed by atoms with Crippen molar-refractivity contribution in [1.29, 1.82) is 0 Å². The number of hydrogen-bond acceptors (Lipinski definition) is 12. The number of nitrogens with two attached hydrogens (primary N) is 2. The summed E-state index contributed by atoms with van der Waals surface area (Å²) in [5.74, 6) is 0.981. The number of benzene rings is 3. The van der Waals surface area contributed by atoms with E-state index in [9.17, 15) is 34.6 Å². The van der Waals surface area contributed by atoms with Gasteiger partial charge in [-0.25, -0.2) is 15.0 Å². The van der Waals surface area contributed by atoms with Crippen molar-refractivity contribution in [3.05, 3.63) is 183 Å². The summed E-state index contributed by atoms with van der Waals surface area (Å²) in [6.07, 6.45) is 4.85. The fourth-order valence-electron chi connectivity index (χ4n) is 3.71.